The first-order valence-electron chi connectivity index (χ1n) is 5.50. The highest BCUT2D eigenvalue weighted by atomic mass is 35.5. The number of hydrogen-bond acceptors (Lipinski definition) is 1. The highest BCUT2D eigenvalue weighted by molar-refractivity contribution is 6.40. The zero-order valence-corrected chi connectivity index (χ0v) is 12.3. The van der Waals surface area contributed by atoms with Crippen LogP contribution in [0.4, 0.5) is 5.69 Å². The van der Waals surface area contributed by atoms with Crippen molar-refractivity contribution in [3.63, 3.8) is 0 Å². The Morgan fingerprint density at radius 3 is 2.21 bits per heavy atom. The zero-order chi connectivity index (χ0) is 14.0. The fourth-order valence-corrected chi connectivity index (χ4v) is 2.33. The van der Waals surface area contributed by atoms with Crippen molar-refractivity contribution in [1.29, 1.82) is 0 Å². The zero-order valence-electron chi connectivity index (χ0n) is 10.0. The lowest BCUT2D eigenvalue weighted by molar-refractivity contribution is 0.102. The third-order valence-electron chi connectivity index (χ3n) is 2.62. The molecule has 0 aliphatic heterocycles. The molecule has 0 aromatic heterocycles. The Balaban J connectivity index is 2.28. The molecule has 0 spiro atoms. The van der Waals surface area contributed by atoms with Gasteiger partial charge in [-0.25, -0.2) is 0 Å². The van der Waals surface area contributed by atoms with Gasteiger partial charge in [-0.15, -0.1) is 0 Å². The summed E-state index contributed by atoms with van der Waals surface area (Å²) >= 11 is 18.0. The van der Waals surface area contributed by atoms with Crippen LogP contribution >= 0.6 is 34.8 Å². The standard InChI is InChI=1S/C14H10Cl3NO/c1-8-5-6-9(7-12(8)17)18-14(19)13-10(15)3-2-4-11(13)16/h2-7H,1H3,(H,18,19). The van der Waals surface area contributed by atoms with E-state index < -0.39 is 0 Å². The molecule has 0 saturated carbocycles. The molecule has 2 aromatic rings. The van der Waals surface area contributed by atoms with Gasteiger partial charge in [-0.2, -0.15) is 0 Å². The largest absolute Gasteiger partial charge is 0.322 e. The molecule has 0 saturated heterocycles. The number of benzene rings is 2. The number of carbonyl (C=O) groups is 1. The first-order valence-corrected chi connectivity index (χ1v) is 6.64. The van der Waals surface area contributed by atoms with Gasteiger partial charge in [-0.05, 0) is 36.8 Å². The van der Waals surface area contributed by atoms with Gasteiger partial charge in [0.1, 0.15) is 0 Å². The number of hydrogen-bond donors (Lipinski definition) is 1. The second-order valence-electron chi connectivity index (χ2n) is 4.01. The summed E-state index contributed by atoms with van der Waals surface area (Å²) in [4.78, 5) is 12.1. The second-order valence-corrected chi connectivity index (χ2v) is 5.24. The summed E-state index contributed by atoms with van der Waals surface area (Å²) in [5.74, 6) is -0.365. The summed E-state index contributed by atoms with van der Waals surface area (Å²) in [5.41, 5.74) is 1.79. The minimum absolute atomic E-state index is 0.252. The Kier molecular flexibility index (Phi) is 4.35. The van der Waals surface area contributed by atoms with Gasteiger partial charge >= 0.3 is 0 Å². The summed E-state index contributed by atoms with van der Waals surface area (Å²) in [6, 6.07) is 10.2. The van der Waals surface area contributed by atoms with Gasteiger partial charge < -0.3 is 5.32 Å². The smallest absolute Gasteiger partial charge is 0.258 e. The quantitative estimate of drug-likeness (QED) is 0.810. The van der Waals surface area contributed by atoms with E-state index in [1.165, 1.54) is 0 Å². The highest BCUT2D eigenvalue weighted by Crippen LogP contribution is 2.26. The number of aryl methyl sites for hydroxylation is 1. The minimum atomic E-state index is -0.365. The fourth-order valence-electron chi connectivity index (χ4n) is 1.58. The lowest BCUT2D eigenvalue weighted by Crippen LogP contribution is -2.13. The monoisotopic (exact) mass is 313 g/mol. The average Bonchev–Trinajstić information content (AvgIpc) is 2.33. The first kappa shape index (κ1) is 14.2. The molecule has 0 heterocycles. The van der Waals surface area contributed by atoms with Crippen molar-refractivity contribution in [1.82, 2.24) is 0 Å². The SMILES string of the molecule is Cc1ccc(NC(=O)c2c(Cl)cccc2Cl)cc1Cl. The van der Waals surface area contributed by atoms with E-state index in [2.05, 4.69) is 5.32 Å². The van der Waals surface area contributed by atoms with E-state index in [4.69, 9.17) is 34.8 Å². The number of anilines is 1. The lowest BCUT2D eigenvalue weighted by atomic mass is 10.2. The predicted molar refractivity (Wildman–Crippen MR) is 80.6 cm³/mol. The summed E-state index contributed by atoms with van der Waals surface area (Å²) in [7, 11) is 0. The molecule has 19 heavy (non-hydrogen) atoms. The van der Waals surface area contributed by atoms with E-state index in [0.717, 1.165) is 5.56 Å². The van der Waals surface area contributed by atoms with Crippen LogP contribution in [-0.2, 0) is 0 Å². The van der Waals surface area contributed by atoms with Crippen molar-refractivity contribution >= 4 is 46.4 Å². The van der Waals surface area contributed by atoms with Crippen LogP contribution in [-0.4, -0.2) is 5.91 Å². The van der Waals surface area contributed by atoms with E-state index in [-0.39, 0.29) is 11.5 Å². The molecule has 0 atom stereocenters. The molecule has 2 nitrogen and oxygen atoms in total. The van der Waals surface area contributed by atoms with Crippen LogP contribution in [0.1, 0.15) is 15.9 Å². The maximum atomic E-state index is 12.1. The van der Waals surface area contributed by atoms with Crippen LogP contribution in [0.3, 0.4) is 0 Å². The Bertz CT molecular complexity index is 620. The maximum Gasteiger partial charge on any atom is 0.258 e. The van der Waals surface area contributed by atoms with Crippen LogP contribution in [0.2, 0.25) is 15.1 Å². The number of carbonyl (C=O) groups excluding carboxylic acids is 1. The number of nitrogens with one attached hydrogen (secondary N) is 1. The molecule has 0 radical (unpaired) electrons. The summed E-state index contributed by atoms with van der Waals surface area (Å²) in [6.45, 7) is 1.89. The Hall–Kier alpha value is -1.22. The molecule has 1 amide bonds. The first-order chi connectivity index (χ1) is 8.99. The summed E-state index contributed by atoms with van der Waals surface area (Å²) < 4.78 is 0. The number of amides is 1. The Morgan fingerprint density at radius 1 is 1.00 bits per heavy atom. The van der Waals surface area contributed by atoms with Crippen molar-refractivity contribution in [3.8, 4) is 0 Å². The van der Waals surface area contributed by atoms with Gasteiger partial charge in [-0.3, -0.25) is 4.79 Å². The van der Waals surface area contributed by atoms with E-state index in [9.17, 15) is 4.79 Å². The third kappa shape index (κ3) is 3.21. The van der Waals surface area contributed by atoms with E-state index in [1.54, 1.807) is 30.3 Å². The van der Waals surface area contributed by atoms with Gasteiger partial charge in [0.15, 0.2) is 0 Å². The normalized spacial score (nSPS) is 10.3. The van der Waals surface area contributed by atoms with E-state index in [0.29, 0.717) is 20.8 Å². The van der Waals surface area contributed by atoms with Gasteiger partial charge in [0.25, 0.3) is 5.91 Å². The van der Waals surface area contributed by atoms with E-state index >= 15 is 0 Å². The van der Waals surface area contributed by atoms with Gasteiger partial charge in [-0.1, -0.05) is 46.9 Å². The van der Waals surface area contributed by atoms with Crippen molar-refractivity contribution in [2.24, 2.45) is 0 Å². The van der Waals surface area contributed by atoms with Crippen molar-refractivity contribution in [2.45, 2.75) is 6.92 Å². The predicted octanol–water partition coefficient (Wildman–Crippen LogP) is 5.21. The lowest BCUT2D eigenvalue weighted by Gasteiger charge is -2.09. The molecule has 0 unspecified atom stereocenters. The Morgan fingerprint density at radius 2 is 1.63 bits per heavy atom. The molecular formula is C14H10Cl3NO. The number of rotatable bonds is 2. The maximum absolute atomic E-state index is 12.1. The molecule has 98 valence electrons. The van der Waals surface area contributed by atoms with Crippen LogP contribution in [0.25, 0.3) is 0 Å². The number of halogens is 3. The third-order valence-corrected chi connectivity index (χ3v) is 3.66. The second kappa shape index (κ2) is 5.83. The van der Waals surface area contributed by atoms with Gasteiger partial charge in [0, 0.05) is 10.7 Å². The molecule has 0 fully saturated rings. The molecule has 1 N–H and O–H groups in total. The fraction of sp³-hybridized carbons (Fsp3) is 0.0714. The summed E-state index contributed by atoms with van der Waals surface area (Å²) in [5, 5.41) is 3.92. The van der Waals surface area contributed by atoms with Crippen LogP contribution in [0.5, 0.6) is 0 Å². The summed E-state index contributed by atoms with van der Waals surface area (Å²) in [6.07, 6.45) is 0. The van der Waals surface area contributed by atoms with Crippen LogP contribution in [0, 0.1) is 6.92 Å². The molecular weight excluding hydrogens is 305 g/mol. The Labute approximate surface area is 126 Å². The molecule has 0 bridgehead atoms. The van der Waals surface area contributed by atoms with Gasteiger partial charge in [0.2, 0.25) is 0 Å². The molecule has 0 aliphatic carbocycles. The highest BCUT2D eigenvalue weighted by Gasteiger charge is 2.14. The molecule has 2 aromatic carbocycles. The van der Waals surface area contributed by atoms with Crippen LogP contribution in [0.15, 0.2) is 36.4 Å². The molecule has 0 aliphatic rings. The molecule has 2 rings (SSSR count). The van der Waals surface area contributed by atoms with Crippen LogP contribution < -0.4 is 5.32 Å². The van der Waals surface area contributed by atoms with E-state index in [1.807, 2.05) is 13.0 Å². The molecule has 5 heteroatoms. The van der Waals surface area contributed by atoms with Crippen molar-refractivity contribution in [2.75, 3.05) is 5.32 Å². The van der Waals surface area contributed by atoms with Gasteiger partial charge in [0.05, 0.1) is 15.6 Å². The van der Waals surface area contributed by atoms with Crippen molar-refractivity contribution < 1.29 is 4.79 Å². The average molecular weight is 315 g/mol. The van der Waals surface area contributed by atoms with Crippen molar-refractivity contribution in [3.05, 3.63) is 62.6 Å². The minimum Gasteiger partial charge on any atom is -0.322 e. The topological polar surface area (TPSA) is 29.1 Å².